The SMILES string of the molecule is Cc1ncsc1C(=O)Nc1nc(-c2cccc(Br)c2)cs1. The van der Waals surface area contributed by atoms with Crippen molar-refractivity contribution in [3.05, 3.63) is 50.2 Å². The molecular weight excluding hydrogens is 370 g/mol. The number of halogens is 1. The first-order valence-corrected chi connectivity index (χ1v) is 8.61. The van der Waals surface area contributed by atoms with Crippen molar-refractivity contribution in [2.75, 3.05) is 5.32 Å². The van der Waals surface area contributed by atoms with Crippen LogP contribution in [0.2, 0.25) is 0 Å². The molecule has 0 radical (unpaired) electrons. The van der Waals surface area contributed by atoms with Gasteiger partial charge in [0, 0.05) is 15.4 Å². The van der Waals surface area contributed by atoms with E-state index in [9.17, 15) is 4.79 Å². The molecule has 0 unspecified atom stereocenters. The van der Waals surface area contributed by atoms with Crippen LogP contribution in [-0.4, -0.2) is 15.9 Å². The fourth-order valence-corrected chi connectivity index (χ4v) is 3.60. The molecule has 2 heterocycles. The maximum atomic E-state index is 12.1. The van der Waals surface area contributed by atoms with Crippen molar-refractivity contribution in [2.24, 2.45) is 0 Å². The second kappa shape index (κ2) is 6.05. The minimum Gasteiger partial charge on any atom is -0.297 e. The summed E-state index contributed by atoms with van der Waals surface area (Å²) in [7, 11) is 0. The molecule has 4 nitrogen and oxygen atoms in total. The van der Waals surface area contributed by atoms with Gasteiger partial charge in [-0.2, -0.15) is 0 Å². The summed E-state index contributed by atoms with van der Waals surface area (Å²) in [5.74, 6) is -0.162. The van der Waals surface area contributed by atoms with Crippen LogP contribution in [0.5, 0.6) is 0 Å². The number of thiazole rings is 2. The Morgan fingerprint density at radius 1 is 1.33 bits per heavy atom. The van der Waals surface area contributed by atoms with E-state index in [1.54, 1.807) is 5.51 Å². The first kappa shape index (κ1) is 14.4. The number of hydrogen-bond acceptors (Lipinski definition) is 5. The van der Waals surface area contributed by atoms with Crippen molar-refractivity contribution in [1.82, 2.24) is 9.97 Å². The Bertz CT molecular complexity index is 797. The van der Waals surface area contributed by atoms with Gasteiger partial charge < -0.3 is 0 Å². The van der Waals surface area contributed by atoms with Gasteiger partial charge >= 0.3 is 0 Å². The lowest BCUT2D eigenvalue weighted by atomic mass is 10.2. The average molecular weight is 380 g/mol. The quantitative estimate of drug-likeness (QED) is 0.723. The molecule has 1 N–H and O–H groups in total. The number of rotatable bonds is 3. The molecule has 3 aromatic rings. The van der Waals surface area contributed by atoms with Crippen molar-refractivity contribution < 1.29 is 4.79 Å². The van der Waals surface area contributed by atoms with Crippen LogP contribution in [0.15, 0.2) is 39.6 Å². The van der Waals surface area contributed by atoms with Gasteiger partial charge in [-0.05, 0) is 19.1 Å². The van der Waals surface area contributed by atoms with Crippen molar-refractivity contribution >= 4 is 49.6 Å². The molecule has 0 aliphatic rings. The van der Waals surface area contributed by atoms with Crippen LogP contribution in [0.3, 0.4) is 0 Å². The van der Waals surface area contributed by atoms with Crippen molar-refractivity contribution in [3.8, 4) is 11.3 Å². The highest BCUT2D eigenvalue weighted by Crippen LogP contribution is 2.27. The maximum Gasteiger partial charge on any atom is 0.269 e. The van der Waals surface area contributed by atoms with Crippen LogP contribution in [-0.2, 0) is 0 Å². The number of nitrogens with one attached hydrogen (secondary N) is 1. The van der Waals surface area contributed by atoms with Gasteiger partial charge in [-0.15, -0.1) is 22.7 Å². The van der Waals surface area contributed by atoms with E-state index in [0.29, 0.717) is 10.0 Å². The van der Waals surface area contributed by atoms with E-state index >= 15 is 0 Å². The molecule has 0 atom stereocenters. The summed E-state index contributed by atoms with van der Waals surface area (Å²) in [5.41, 5.74) is 4.26. The highest BCUT2D eigenvalue weighted by Gasteiger charge is 2.14. The van der Waals surface area contributed by atoms with Gasteiger partial charge in [0.25, 0.3) is 5.91 Å². The molecule has 7 heteroatoms. The Kier molecular flexibility index (Phi) is 4.14. The molecule has 0 saturated carbocycles. The van der Waals surface area contributed by atoms with E-state index in [4.69, 9.17) is 0 Å². The topological polar surface area (TPSA) is 54.9 Å². The first-order chi connectivity index (χ1) is 10.1. The summed E-state index contributed by atoms with van der Waals surface area (Å²) >= 11 is 6.18. The molecular formula is C14H10BrN3OS2. The zero-order chi connectivity index (χ0) is 14.8. The second-order valence-electron chi connectivity index (χ2n) is 4.27. The third kappa shape index (κ3) is 3.20. The van der Waals surface area contributed by atoms with Crippen molar-refractivity contribution in [1.29, 1.82) is 0 Å². The average Bonchev–Trinajstić information content (AvgIpc) is 3.08. The smallest absolute Gasteiger partial charge is 0.269 e. The summed E-state index contributed by atoms with van der Waals surface area (Å²) in [5, 5.41) is 5.33. The fraction of sp³-hybridized carbons (Fsp3) is 0.0714. The highest BCUT2D eigenvalue weighted by molar-refractivity contribution is 9.10. The first-order valence-electron chi connectivity index (χ1n) is 6.06. The number of amides is 1. The molecule has 0 bridgehead atoms. The van der Waals surface area contributed by atoms with E-state index in [1.807, 2.05) is 36.6 Å². The van der Waals surface area contributed by atoms with E-state index in [1.165, 1.54) is 22.7 Å². The summed E-state index contributed by atoms with van der Waals surface area (Å²) in [6.07, 6.45) is 0. The predicted molar refractivity (Wildman–Crippen MR) is 90.1 cm³/mol. The number of hydrogen-bond donors (Lipinski definition) is 1. The number of carbonyl (C=O) groups is 1. The van der Waals surface area contributed by atoms with Crippen LogP contribution >= 0.6 is 38.6 Å². The van der Waals surface area contributed by atoms with Crippen molar-refractivity contribution in [2.45, 2.75) is 6.92 Å². The Morgan fingerprint density at radius 3 is 2.90 bits per heavy atom. The van der Waals surface area contributed by atoms with E-state index in [0.717, 1.165) is 21.4 Å². The molecule has 0 aliphatic carbocycles. The van der Waals surface area contributed by atoms with Gasteiger partial charge in [-0.25, -0.2) is 9.97 Å². The van der Waals surface area contributed by atoms with Crippen LogP contribution in [0, 0.1) is 6.92 Å². The minimum atomic E-state index is -0.162. The molecule has 0 spiro atoms. The molecule has 1 aromatic carbocycles. The number of nitrogens with zero attached hydrogens (tertiary/aromatic N) is 2. The van der Waals surface area contributed by atoms with E-state index in [-0.39, 0.29) is 5.91 Å². The fourth-order valence-electron chi connectivity index (χ4n) is 1.79. The Labute approximate surface area is 138 Å². The van der Waals surface area contributed by atoms with E-state index < -0.39 is 0 Å². The number of aryl methyl sites for hydroxylation is 1. The summed E-state index contributed by atoms with van der Waals surface area (Å²) in [6, 6.07) is 7.90. The summed E-state index contributed by atoms with van der Waals surface area (Å²) in [6.45, 7) is 1.82. The zero-order valence-electron chi connectivity index (χ0n) is 11.0. The normalized spacial score (nSPS) is 10.6. The second-order valence-corrected chi connectivity index (χ2v) is 6.90. The number of benzene rings is 1. The van der Waals surface area contributed by atoms with E-state index in [2.05, 4.69) is 31.2 Å². The Balaban J connectivity index is 1.80. The third-order valence-corrected chi connectivity index (χ3v) is 4.98. The Morgan fingerprint density at radius 2 is 2.19 bits per heavy atom. The molecule has 2 aromatic heterocycles. The van der Waals surface area contributed by atoms with Crippen LogP contribution in [0.4, 0.5) is 5.13 Å². The van der Waals surface area contributed by atoms with Crippen LogP contribution in [0.25, 0.3) is 11.3 Å². The monoisotopic (exact) mass is 379 g/mol. The van der Waals surface area contributed by atoms with Gasteiger partial charge in [-0.3, -0.25) is 10.1 Å². The molecule has 106 valence electrons. The number of carbonyl (C=O) groups excluding carboxylic acids is 1. The standard InChI is InChI=1S/C14H10BrN3OS2/c1-8-12(21-7-16-8)13(19)18-14-17-11(6-20-14)9-3-2-4-10(15)5-9/h2-7H,1H3,(H,17,18,19). The lowest BCUT2D eigenvalue weighted by Gasteiger charge is -2.00. The lowest BCUT2D eigenvalue weighted by molar-refractivity contribution is 0.103. The molecule has 1 amide bonds. The minimum absolute atomic E-state index is 0.162. The molecule has 0 fully saturated rings. The third-order valence-electron chi connectivity index (χ3n) is 2.80. The molecule has 0 saturated heterocycles. The molecule has 0 aliphatic heterocycles. The zero-order valence-corrected chi connectivity index (χ0v) is 14.2. The van der Waals surface area contributed by atoms with Gasteiger partial charge in [-0.1, -0.05) is 28.1 Å². The summed E-state index contributed by atoms with van der Waals surface area (Å²) < 4.78 is 0.999. The number of anilines is 1. The van der Waals surface area contributed by atoms with Gasteiger partial charge in [0.15, 0.2) is 5.13 Å². The molecule has 3 rings (SSSR count). The predicted octanol–water partition coefficient (Wildman–Crippen LogP) is 4.59. The highest BCUT2D eigenvalue weighted by atomic mass is 79.9. The largest absolute Gasteiger partial charge is 0.297 e. The van der Waals surface area contributed by atoms with Gasteiger partial charge in [0.1, 0.15) is 4.88 Å². The van der Waals surface area contributed by atoms with Gasteiger partial charge in [0.05, 0.1) is 16.9 Å². The summed E-state index contributed by atoms with van der Waals surface area (Å²) in [4.78, 5) is 21.3. The van der Waals surface area contributed by atoms with Crippen molar-refractivity contribution in [3.63, 3.8) is 0 Å². The lowest BCUT2D eigenvalue weighted by Crippen LogP contribution is -2.11. The van der Waals surface area contributed by atoms with Crippen LogP contribution in [0.1, 0.15) is 15.4 Å². The Hall–Kier alpha value is -1.57. The number of aromatic nitrogens is 2. The maximum absolute atomic E-state index is 12.1. The van der Waals surface area contributed by atoms with Crippen LogP contribution < -0.4 is 5.32 Å². The molecule has 21 heavy (non-hydrogen) atoms. The van der Waals surface area contributed by atoms with Gasteiger partial charge in [0.2, 0.25) is 0 Å².